The van der Waals surface area contributed by atoms with Crippen LogP contribution in [0.1, 0.15) is 5.56 Å². The minimum Gasteiger partial charge on any atom is -0.497 e. The van der Waals surface area contributed by atoms with Gasteiger partial charge in [0.05, 0.1) is 13.7 Å². The zero-order valence-electron chi connectivity index (χ0n) is 9.59. The third-order valence-electron chi connectivity index (χ3n) is 2.02. The van der Waals surface area contributed by atoms with Crippen molar-refractivity contribution in [2.75, 3.05) is 20.3 Å². The molecule has 18 heavy (non-hydrogen) atoms. The first-order valence-corrected chi connectivity index (χ1v) is 6.15. The van der Waals surface area contributed by atoms with E-state index in [2.05, 4.69) is 20.7 Å². The molecule has 0 radical (unpaired) electrons. The Labute approximate surface area is 111 Å². The molecule has 0 fully saturated rings. The first-order valence-electron chi connectivity index (χ1n) is 5.02. The maximum Gasteiger partial charge on any atom is 0.522 e. The maximum atomic E-state index is 11.7. The lowest BCUT2D eigenvalue weighted by Crippen LogP contribution is -2.18. The van der Waals surface area contributed by atoms with Crippen LogP contribution >= 0.6 is 15.9 Å². The van der Waals surface area contributed by atoms with Crippen LogP contribution in [0.4, 0.5) is 13.2 Å². The number of halogens is 4. The monoisotopic (exact) mass is 328 g/mol. The van der Waals surface area contributed by atoms with Gasteiger partial charge in [0, 0.05) is 10.9 Å². The van der Waals surface area contributed by atoms with Gasteiger partial charge in [-0.1, -0.05) is 15.9 Å². The van der Waals surface area contributed by atoms with Gasteiger partial charge in [0.25, 0.3) is 0 Å². The summed E-state index contributed by atoms with van der Waals surface area (Å²) in [6.07, 6.45) is -4.62. The zero-order valence-corrected chi connectivity index (χ0v) is 11.2. The zero-order chi connectivity index (χ0) is 13.6. The van der Waals surface area contributed by atoms with Crippen molar-refractivity contribution in [1.82, 2.24) is 0 Å². The Kier molecular flexibility index (Phi) is 5.74. The molecule has 1 aromatic rings. The smallest absolute Gasteiger partial charge is 0.497 e. The number of benzene rings is 1. The lowest BCUT2D eigenvalue weighted by Gasteiger charge is -2.12. The van der Waals surface area contributed by atoms with Crippen LogP contribution in [0.5, 0.6) is 11.5 Å². The van der Waals surface area contributed by atoms with Gasteiger partial charge in [-0.2, -0.15) is 0 Å². The summed E-state index contributed by atoms with van der Waals surface area (Å²) in [5.41, 5.74) is 0.793. The highest BCUT2D eigenvalue weighted by molar-refractivity contribution is 9.08. The highest BCUT2D eigenvalue weighted by Gasteiger charge is 2.28. The van der Waals surface area contributed by atoms with Crippen LogP contribution in [0.15, 0.2) is 18.2 Å². The molecule has 1 aromatic carbocycles. The van der Waals surface area contributed by atoms with Crippen molar-refractivity contribution in [2.24, 2.45) is 0 Å². The number of ether oxygens (including phenoxy) is 3. The standard InChI is InChI=1S/C11H12BrF3O3/c1-16-9-2-3-10(8(6-9)7-12)17-4-5-18-11(13,14)15/h2-3,6H,4-5,7H2,1H3. The van der Waals surface area contributed by atoms with Crippen molar-refractivity contribution in [3.63, 3.8) is 0 Å². The Bertz CT molecular complexity index is 382. The van der Waals surface area contributed by atoms with E-state index in [1.165, 1.54) is 7.11 Å². The Morgan fingerprint density at radius 1 is 1.22 bits per heavy atom. The van der Waals surface area contributed by atoms with Gasteiger partial charge in [-0.3, -0.25) is 4.74 Å². The molecule has 0 N–H and O–H groups in total. The van der Waals surface area contributed by atoms with Gasteiger partial charge in [0.1, 0.15) is 18.1 Å². The molecule has 0 bridgehead atoms. The first kappa shape index (κ1) is 15.1. The van der Waals surface area contributed by atoms with Crippen LogP contribution in [0.2, 0.25) is 0 Å². The summed E-state index contributed by atoms with van der Waals surface area (Å²) < 4.78 is 49.0. The summed E-state index contributed by atoms with van der Waals surface area (Å²) >= 11 is 3.27. The summed E-state index contributed by atoms with van der Waals surface area (Å²) in [5.74, 6) is 1.15. The van der Waals surface area contributed by atoms with E-state index in [0.717, 1.165) is 5.56 Å². The first-order chi connectivity index (χ1) is 8.46. The molecule has 0 saturated carbocycles. The minimum absolute atomic E-state index is 0.175. The number of rotatable bonds is 6. The fraction of sp³-hybridized carbons (Fsp3) is 0.455. The molecule has 0 heterocycles. The normalized spacial score (nSPS) is 11.4. The molecule has 0 amide bonds. The van der Waals surface area contributed by atoms with Crippen molar-refractivity contribution in [3.8, 4) is 11.5 Å². The molecule has 0 aromatic heterocycles. The van der Waals surface area contributed by atoms with Gasteiger partial charge in [-0.05, 0) is 18.2 Å². The largest absolute Gasteiger partial charge is 0.522 e. The average Bonchev–Trinajstić information content (AvgIpc) is 2.33. The van der Waals surface area contributed by atoms with E-state index >= 15 is 0 Å². The second kappa shape index (κ2) is 6.84. The van der Waals surface area contributed by atoms with Crippen LogP contribution in [0.25, 0.3) is 0 Å². The molecule has 0 unspecified atom stereocenters. The highest BCUT2D eigenvalue weighted by atomic mass is 79.9. The van der Waals surface area contributed by atoms with Crippen molar-refractivity contribution >= 4 is 15.9 Å². The van der Waals surface area contributed by atoms with E-state index in [4.69, 9.17) is 9.47 Å². The molecular formula is C11H12BrF3O3. The number of methoxy groups -OCH3 is 1. The Hall–Kier alpha value is -0.950. The van der Waals surface area contributed by atoms with E-state index in [1.807, 2.05) is 0 Å². The van der Waals surface area contributed by atoms with Gasteiger partial charge in [-0.25, -0.2) is 0 Å². The highest BCUT2D eigenvalue weighted by Crippen LogP contribution is 2.26. The predicted octanol–water partition coefficient (Wildman–Crippen LogP) is 3.51. The molecule has 3 nitrogen and oxygen atoms in total. The van der Waals surface area contributed by atoms with E-state index in [9.17, 15) is 13.2 Å². The Morgan fingerprint density at radius 3 is 2.50 bits per heavy atom. The van der Waals surface area contributed by atoms with E-state index in [1.54, 1.807) is 18.2 Å². The van der Waals surface area contributed by atoms with E-state index < -0.39 is 13.0 Å². The number of alkyl halides is 4. The third kappa shape index (κ3) is 5.14. The van der Waals surface area contributed by atoms with Crippen LogP contribution in [0, 0.1) is 0 Å². The molecule has 0 aliphatic carbocycles. The second-order valence-corrected chi connectivity index (χ2v) is 3.81. The molecule has 0 saturated heterocycles. The fourth-order valence-electron chi connectivity index (χ4n) is 1.24. The average molecular weight is 329 g/mol. The van der Waals surface area contributed by atoms with Gasteiger partial charge < -0.3 is 9.47 Å². The van der Waals surface area contributed by atoms with Crippen LogP contribution in [-0.2, 0) is 10.1 Å². The molecule has 0 spiro atoms. The molecule has 1 rings (SSSR count). The van der Waals surface area contributed by atoms with E-state index in [0.29, 0.717) is 16.8 Å². The maximum absolute atomic E-state index is 11.7. The lowest BCUT2D eigenvalue weighted by atomic mass is 10.2. The second-order valence-electron chi connectivity index (χ2n) is 3.25. The molecule has 0 aliphatic rings. The predicted molar refractivity (Wildman–Crippen MR) is 63.1 cm³/mol. The Morgan fingerprint density at radius 2 is 1.94 bits per heavy atom. The van der Waals surface area contributed by atoms with Gasteiger partial charge >= 0.3 is 6.36 Å². The van der Waals surface area contributed by atoms with Crippen molar-refractivity contribution < 1.29 is 27.4 Å². The van der Waals surface area contributed by atoms with Gasteiger partial charge in [0.15, 0.2) is 0 Å². The molecule has 0 atom stereocenters. The van der Waals surface area contributed by atoms with Crippen molar-refractivity contribution in [1.29, 1.82) is 0 Å². The SMILES string of the molecule is COc1ccc(OCCOC(F)(F)F)c(CBr)c1. The van der Waals surface area contributed by atoms with Crippen LogP contribution < -0.4 is 9.47 Å². The topological polar surface area (TPSA) is 27.7 Å². The fourth-order valence-corrected chi connectivity index (χ4v) is 1.68. The molecule has 7 heteroatoms. The third-order valence-corrected chi connectivity index (χ3v) is 2.62. The molecule has 0 aliphatic heterocycles. The quantitative estimate of drug-likeness (QED) is 0.591. The van der Waals surface area contributed by atoms with Crippen LogP contribution in [0.3, 0.4) is 0 Å². The summed E-state index contributed by atoms with van der Waals surface area (Å²) in [6, 6.07) is 5.06. The molecule has 102 valence electrons. The lowest BCUT2D eigenvalue weighted by molar-refractivity contribution is -0.325. The summed E-state index contributed by atoms with van der Waals surface area (Å²) in [4.78, 5) is 0. The van der Waals surface area contributed by atoms with Crippen molar-refractivity contribution in [3.05, 3.63) is 23.8 Å². The summed E-state index contributed by atoms with van der Waals surface area (Å²) in [5, 5.41) is 0.514. The Balaban J connectivity index is 2.51. The minimum atomic E-state index is -4.62. The number of hydrogen-bond acceptors (Lipinski definition) is 3. The number of hydrogen-bond donors (Lipinski definition) is 0. The van der Waals surface area contributed by atoms with E-state index in [-0.39, 0.29) is 6.61 Å². The summed E-state index contributed by atoms with van der Waals surface area (Å²) in [6.45, 7) is -0.719. The van der Waals surface area contributed by atoms with Crippen molar-refractivity contribution in [2.45, 2.75) is 11.7 Å². The summed E-state index contributed by atoms with van der Waals surface area (Å²) in [7, 11) is 1.53. The molecular weight excluding hydrogens is 317 g/mol. The van der Waals surface area contributed by atoms with Gasteiger partial charge in [-0.15, -0.1) is 13.2 Å². The van der Waals surface area contributed by atoms with Gasteiger partial charge in [0.2, 0.25) is 0 Å². The van der Waals surface area contributed by atoms with Crippen LogP contribution in [-0.4, -0.2) is 26.7 Å².